The first-order chi connectivity index (χ1) is 9.99. The zero-order valence-corrected chi connectivity index (χ0v) is 12.3. The Hall–Kier alpha value is -1.67. The van der Waals surface area contributed by atoms with Gasteiger partial charge in [0, 0.05) is 19.1 Å². The quantitative estimate of drug-likeness (QED) is 0.550. The molecule has 21 heavy (non-hydrogen) atoms. The summed E-state index contributed by atoms with van der Waals surface area (Å²) >= 11 is 0. The van der Waals surface area contributed by atoms with Gasteiger partial charge in [-0.3, -0.25) is 19.7 Å². The van der Waals surface area contributed by atoms with Crippen LogP contribution in [0.4, 0.5) is 0 Å². The number of carbonyl (C=O) groups excluding carboxylic acids is 3. The van der Waals surface area contributed by atoms with E-state index in [0.29, 0.717) is 13.2 Å². The van der Waals surface area contributed by atoms with Gasteiger partial charge in [-0.25, -0.2) is 0 Å². The Labute approximate surface area is 123 Å². The molecule has 2 rings (SSSR count). The van der Waals surface area contributed by atoms with Crippen molar-refractivity contribution >= 4 is 17.7 Å². The van der Waals surface area contributed by atoms with E-state index in [1.54, 1.807) is 0 Å². The van der Waals surface area contributed by atoms with E-state index >= 15 is 0 Å². The lowest BCUT2D eigenvalue weighted by Crippen LogP contribution is -2.64. The van der Waals surface area contributed by atoms with Crippen molar-refractivity contribution in [3.8, 4) is 0 Å². The van der Waals surface area contributed by atoms with Crippen molar-refractivity contribution in [1.29, 1.82) is 0 Å². The highest BCUT2D eigenvalue weighted by Crippen LogP contribution is 2.10. The summed E-state index contributed by atoms with van der Waals surface area (Å²) in [6.07, 6.45) is 0. The minimum Gasteiger partial charge on any atom is -0.377 e. The Kier molecular flexibility index (Phi) is 5.13. The van der Waals surface area contributed by atoms with E-state index in [1.807, 2.05) is 13.8 Å². The van der Waals surface area contributed by atoms with Crippen LogP contribution in [0.1, 0.15) is 13.8 Å². The number of hydrogen-bond acceptors (Lipinski definition) is 5. The van der Waals surface area contributed by atoms with Crippen molar-refractivity contribution in [2.75, 3.05) is 32.8 Å². The fourth-order valence-electron chi connectivity index (χ4n) is 2.41. The number of amides is 3. The largest absolute Gasteiger partial charge is 0.377 e. The van der Waals surface area contributed by atoms with E-state index < -0.39 is 12.1 Å². The van der Waals surface area contributed by atoms with Crippen LogP contribution >= 0.6 is 0 Å². The molecule has 0 aromatic carbocycles. The molecule has 3 N–H and O–H groups in total. The SMILES string of the molecule is CC(C)NC(=O)C1COCCN1C(=O)C1CNC(=O)CN1. The van der Waals surface area contributed by atoms with Gasteiger partial charge in [0.1, 0.15) is 12.1 Å². The summed E-state index contributed by atoms with van der Waals surface area (Å²) in [4.78, 5) is 37.4. The molecule has 0 saturated carbocycles. The van der Waals surface area contributed by atoms with Crippen LogP contribution in [0.15, 0.2) is 0 Å². The molecular formula is C13H22N4O4. The Bertz CT molecular complexity index is 416. The molecule has 8 nitrogen and oxygen atoms in total. The molecule has 2 aliphatic rings. The molecule has 2 atom stereocenters. The minimum atomic E-state index is -0.618. The van der Waals surface area contributed by atoms with Gasteiger partial charge in [0.2, 0.25) is 17.7 Å². The second kappa shape index (κ2) is 6.86. The maximum absolute atomic E-state index is 12.5. The molecule has 0 bridgehead atoms. The molecule has 2 heterocycles. The number of piperazine rings is 1. The molecule has 8 heteroatoms. The summed E-state index contributed by atoms with van der Waals surface area (Å²) in [6.45, 7) is 5.08. The van der Waals surface area contributed by atoms with Gasteiger partial charge in [0.05, 0.1) is 19.8 Å². The molecule has 0 aliphatic carbocycles. The van der Waals surface area contributed by atoms with Crippen LogP contribution in [-0.2, 0) is 19.1 Å². The van der Waals surface area contributed by atoms with Gasteiger partial charge in [-0.05, 0) is 13.8 Å². The predicted molar refractivity (Wildman–Crippen MR) is 74.4 cm³/mol. The summed E-state index contributed by atoms with van der Waals surface area (Å²) in [7, 11) is 0. The second-order valence-corrected chi connectivity index (χ2v) is 5.52. The lowest BCUT2D eigenvalue weighted by atomic mass is 10.1. The monoisotopic (exact) mass is 298 g/mol. The van der Waals surface area contributed by atoms with Crippen LogP contribution in [0.25, 0.3) is 0 Å². The summed E-state index contributed by atoms with van der Waals surface area (Å²) in [5, 5.41) is 8.34. The summed E-state index contributed by atoms with van der Waals surface area (Å²) in [5.74, 6) is -0.518. The summed E-state index contributed by atoms with van der Waals surface area (Å²) in [6, 6.07) is -1.10. The van der Waals surface area contributed by atoms with Gasteiger partial charge in [0.25, 0.3) is 0 Å². The van der Waals surface area contributed by atoms with Crippen molar-refractivity contribution in [2.45, 2.75) is 32.0 Å². The summed E-state index contributed by atoms with van der Waals surface area (Å²) in [5.41, 5.74) is 0. The first-order valence-corrected chi connectivity index (χ1v) is 7.17. The van der Waals surface area contributed by atoms with E-state index in [-0.39, 0.29) is 43.5 Å². The molecule has 0 radical (unpaired) electrons. The standard InChI is InChI=1S/C13H22N4O4/c1-8(2)16-12(19)10-7-21-4-3-17(10)13(20)9-5-15-11(18)6-14-9/h8-10,14H,3-7H2,1-2H3,(H,15,18)(H,16,19). The van der Waals surface area contributed by atoms with Crippen molar-refractivity contribution in [1.82, 2.24) is 20.9 Å². The second-order valence-electron chi connectivity index (χ2n) is 5.52. The van der Waals surface area contributed by atoms with E-state index in [1.165, 1.54) is 4.90 Å². The molecule has 2 unspecified atom stereocenters. The first kappa shape index (κ1) is 15.7. The predicted octanol–water partition coefficient (Wildman–Crippen LogP) is -2.17. The average Bonchev–Trinajstić information content (AvgIpc) is 2.46. The van der Waals surface area contributed by atoms with Gasteiger partial charge in [-0.15, -0.1) is 0 Å². The van der Waals surface area contributed by atoms with E-state index in [0.717, 1.165) is 0 Å². The highest BCUT2D eigenvalue weighted by molar-refractivity contribution is 5.91. The fourth-order valence-corrected chi connectivity index (χ4v) is 2.41. The van der Waals surface area contributed by atoms with E-state index in [4.69, 9.17) is 4.74 Å². The van der Waals surface area contributed by atoms with Crippen molar-refractivity contribution in [2.24, 2.45) is 0 Å². The maximum atomic E-state index is 12.5. The van der Waals surface area contributed by atoms with Crippen molar-refractivity contribution in [3.05, 3.63) is 0 Å². The smallest absolute Gasteiger partial charge is 0.245 e. The van der Waals surface area contributed by atoms with Gasteiger partial charge in [-0.1, -0.05) is 0 Å². The van der Waals surface area contributed by atoms with Gasteiger partial charge in [0.15, 0.2) is 0 Å². The van der Waals surface area contributed by atoms with Gasteiger partial charge in [-0.2, -0.15) is 0 Å². The molecule has 2 fully saturated rings. The number of hydrogen-bond donors (Lipinski definition) is 3. The Morgan fingerprint density at radius 3 is 2.81 bits per heavy atom. The highest BCUT2D eigenvalue weighted by atomic mass is 16.5. The normalized spacial score (nSPS) is 26.4. The fraction of sp³-hybridized carbons (Fsp3) is 0.769. The Morgan fingerprint density at radius 2 is 2.19 bits per heavy atom. The van der Waals surface area contributed by atoms with Gasteiger partial charge < -0.3 is 20.3 Å². The van der Waals surface area contributed by atoms with Crippen LogP contribution in [0, 0.1) is 0 Å². The highest BCUT2D eigenvalue weighted by Gasteiger charge is 2.37. The lowest BCUT2D eigenvalue weighted by Gasteiger charge is -2.37. The molecule has 0 spiro atoms. The van der Waals surface area contributed by atoms with Gasteiger partial charge >= 0.3 is 0 Å². The van der Waals surface area contributed by atoms with Crippen LogP contribution in [-0.4, -0.2) is 73.6 Å². The van der Waals surface area contributed by atoms with E-state index in [9.17, 15) is 14.4 Å². The molecule has 118 valence electrons. The van der Waals surface area contributed by atoms with Crippen LogP contribution in [0.3, 0.4) is 0 Å². The number of nitrogens with one attached hydrogen (secondary N) is 3. The zero-order valence-electron chi connectivity index (χ0n) is 12.3. The third-order valence-electron chi connectivity index (χ3n) is 3.46. The molecule has 0 aromatic rings. The third-order valence-corrected chi connectivity index (χ3v) is 3.46. The summed E-state index contributed by atoms with van der Waals surface area (Å²) < 4.78 is 5.32. The number of ether oxygens (including phenoxy) is 1. The van der Waals surface area contributed by atoms with Crippen LogP contribution < -0.4 is 16.0 Å². The average molecular weight is 298 g/mol. The molecule has 2 aliphatic heterocycles. The van der Waals surface area contributed by atoms with Crippen LogP contribution in [0.5, 0.6) is 0 Å². The lowest BCUT2D eigenvalue weighted by molar-refractivity contribution is -0.150. The van der Waals surface area contributed by atoms with Crippen LogP contribution in [0.2, 0.25) is 0 Å². The molecular weight excluding hydrogens is 276 g/mol. The Morgan fingerprint density at radius 1 is 1.43 bits per heavy atom. The van der Waals surface area contributed by atoms with E-state index in [2.05, 4.69) is 16.0 Å². The topological polar surface area (TPSA) is 99.8 Å². The maximum Gasteiger partial charge on any atom is 0.245 e. The number of morpholine rings is 1. The minimum absolute atomic E-state index is 0.00322. The number of rotatable bonds is 3. The Balaban J connectivity index is 2.02. The first-order valence-electron chi connectivity index (χ1n) is 7.17. The number of carbonyl (C=O) groups is 3. The van der Waals surface area contributed by atoms with Crippen molar-refractivity contribution in [3.63, 3.8) is 0 Å². The van der Waals surface area contributed by atoms with Crippen molar-refractivity contribution < 1.29 is 19.1 Å². The molecule has 0 aromatic heterocycles. The molecule has 2 saturated heterocycles. The third kappa shape index (κ3) is 3.92. The zero-order chi connectivity index (χ0) is 15.4. The molecule has 3 amide bonds. The number of nitrogens with zero attached hydrogens (tertiary/aromatic N) is 1.